The zero-order chi connectivity index (χ0) is 11.2. The first-order valence-corrected chi connectivity index (χ1v) is 5.44. The number of benzene rings is 1. The highest BCUT2D eigenvalue weighted by Crippen LogP contribution is 2.01. The van der Waals surface area contributed by atoms with Gasteiger partial charge in [-0.05, 0) is 24.1 Å². The topological polar surface area (TPSA) is 27.7 Å². The minimum Gasteiger partial charge on any atom is -0.208 e. The van der Waals surface area contributed by atoms with Crippen LogP contribution >= 0.6 is 0 Å². The molecule has 0 spiro atoms. The van der Waals surface area contributed by atoms with Crippen molar-refractivity contribution in [1.82, 2.24) is 0 Å². The van der Waals surface area contributed by atoms with Crippen molar-refractivity contribution in [2.24, 2.45) is 0 Å². The molecule has 1 N–H and O–H groups in total. The van der Waals surface area contributed by atoms with Crippen molar-refractivity contribution in [3.05, 3.63) is 66.5 Å². The van der Waals surface area contributed by atoms with Gasteiger partial charge < -0.3 is 0 Å². The van der Waals surface area contributed by atoms with Crippen molar-refractivity contribution < 1.29 is 4.57 Å². The minimum absolute atomic E-state index is 0.629. The molecule has 1 aromatic carbocycles. The Morgan fingerprint density at radius 3 is 2.25 bits per heavy atom. The van der Waals surface area contributed by atoms with Crippen LogP contribution in [0.4, 0.5) is 0 Å². The number of aryl methyl sites for hydroxylation is 1. The van der Waals surface area contributed by atoms with Gasteiger partial charge in [0.25, 0.3) is 5.84 Å². The van der Waals surface area contributed by atoms with E-state index in [0.717, 1.165) is 12.8 Å². The molecule has 2 nitrogen and oxygen atoms in total. The highest BCUT2D eigenvalue weighted by atomic mass is 15.0. The molecule has 0 amide bonds. The van der Waals surface area contributed by atoms with Gasteiger partial charge in [-0.1, -0.05) is 36.4 Å². The average molecular weight is 211 g/mol. The van der Waals surface area contributed by atoms with Crippen LogP contribution in [0.3, 0.4) is 0 Å². The molecule has 2 heteroatoms. The van der Waals surface area contributed by atoms with Gasteiger partial charge in [-0.15, -0.1) is 5.41 Å². The zero-order valence-electron chi connectivity index (χ0n) is 9.13. The number of hydrogen-bond acceptors (Lipinski definition) is 1. The van der Waals surface area contributed by atoms with Crippen LogP contribution < -0.4 is 4.57 Å². The van der Waals surface area contributed by atoms with E-state index in [1.54, 1.807) is 0 Å². The molecular weight excluding hydrogens is 196 g/mol. The van der Waals surface area contributed by atoms with Gasteiger partial charge in [0.1, 0.15) is 0 Å². The van der Waals surface area contributed by atoms with Crippen LogP contribution in [-0.2, 0) is 6.42 Å². The number of hydrogen-bond donors (Lipinski definition) is 1. The molecule has 16 heavy (non-hydrogen) atoms. The first-order valence-electron chi connectivity index (χ1n) is 5.44. The quantitative estimate of drug-likeness (QED) is 0.459. The normalized spacial score (nSPS) is 10.0. The second-order valence-electron chi connectivity index (χ2n) is 3.72. The highest BCUT2D eigenvalue weighted by Gasteiger charge is 2.07. The number of nitrogens with one attached hydrogen (secondary N) is 1. The number of aromatic nitrogens is 1. The molecule has 0 saturated carbocycles. The van der Waals surface area contributed by atoms with Gasteiger partial charge in [0.05, 0.1) is 18.8 Å². The molecule has 0 radical (unpaired) electrons. The average Bonchev–Trinajstić information content (AvgIpc) is 2.38. The summed E-state index contributed by atoms with van der Waals surface area (Å²) in [5.74, 6) is 0.629. The van der Waals surface area contributed by atoms with Gasteiger partial charge in [-0.25, -0.2) is 4.57 Å². The van der Waals surface area contributed by atoms with Gasteiger partial charge in [-0.3, -0.25) is 0 Å². The van der Waals surface area contributed by atoms with E-state index < -0.39 is 0 Å². The fraction of sp³-hybridized carbons (Fsp3) is 0.143. The monoisotopic (exact) mass is 211 g/mol. The summed E-state index contributed by atoms with van der Waals surface area (Å²) in [5, 5.41) is 7.94. The smallest absolute Gasteiger partial charge is 0.208 e. The van der Waals surface area contributed by atoms with Crippen LogP contribution in [0, 0.1) is 5.41 Å². The standard InChI is InChI=1S/C14H15N2/c15-14(16-11-5-2-6-12-16)10-9-13-7-3-1-4-8-13/h1-8,11-12,15H,9-10H2/q+1. The molecule has 0 bridgehead atoms. The van der Waals surface area contributed by atoms with E-state index >= 15 is 0 Å². The third-order valence-corrected chi connectivity index (χ3v) is 2.52. The van der Waals surface area contributed by atoms with Crippen LogP contribution in [0.2, 0.25) is 0 Å². The van der Waals surface area contributed by atoms with Crippen molar-refractivity contribution in [3.63, 3.8) is 0 Å². The summed E-state index contributed by atoms with van der Waals surface area (Å²) in [6.45, 7) is 0. The van der Waals surface area contributed by atoms with Crippen molar-refractivity contribution in [1.29, 1.82) is 5.41 Å². The minimum atomic E-state index is 0.629. The Balaban J connectivity index is 1.95. The summed E-state index contributed by atoms with van der Waals surface area (Å²) in [6, 6.07) is 16.1. The highest BCUT2D eigenvalue weighted by molar-refractivity contribution is 5.69. The summed E-state index contributed by atoms with van der Waals surface area (Å²) >= 11 is 0. The van der Waals surface area contributed by atoms with E-state index in [9.17, 15) is 0 Å². The number of rotatable bonds is 3. The van der Waals surface area contributed by atoms with Gasteiger partial charge in [0, 0.05) is 0 Å². The van der Waals surface area contributed by atoms with Gasteiger partial charge >= 0.3 is 0 Å². The maximum absolute atomic E-state index is 7.94. The Kier molecular flexibility index (Phi) is 3.44. The number of nitrogens with zero attached hydrogens (tertiary/aromatic N) is 1. The lowest BCUT2D eigenvalue weighted by Crippen LogP contribution is -2.41. The van der Waals surface area contributed by atoms with Gasteiger partial charge in [-0.2, -0.15) is 0 Å². The summed E-state index contributed by atoms with van der Waals surface area (Å²) in [4.78, 5) is 0. The lowest BCUT2D eigenvalue weighted by molar-refractivity contribution is -0.559. The molecule has 80 valence electrons. The molecule has 0 aliphatic carbocycles. The molecule has 2 rings (SSSR count). The van der Waals surface area contributed by atoms with Crippen molar-refractivity contribution >= 4 is 5.84 Å². The van der Waals surface area contributed by atoms with Crippen LogP contribution in [0.25, 0.3) is 0 Å². The fourth-order valence-electron chi connectivity index (χ4n) is 1.62. The third-order valence-electron chi connectivity index (χ3n) is 2.52. The molecule has 0 aliphatic heterocycles. The lowest BCUT2D eigenvalue weighted by Gasteiger charge is -2.00. The fourth-order valence-corrected chi connectivity index (χ4v) is 1.62. The van der Waals surface area contributed by atoms with Crippen LogP contribution in [0.1, 0.15) is 12.0 Å². The predicted molar refractivity (Wildman–Crippen MR) is 64.5 cm³/mol. The summed E-state index contributed by atoms with van der Waals surface area (Å²) in [7, 11) is 0. The zero-order valence-corrected chi connectivity index (χ0v) is 9.13. The summed E-state index contributed by atoms with van der Waals surface area (Å²) in [6.07, 6.45) is 5.50. The van der Waals surface area contributed by atoms with Crippen molar-refractivity contribution in [2.75, 3.05) is 0 Å². The first kappa shape index (κ1) is 10.6. The molecule has 0 aliphatic rings. The predicted octanol–water partition coefficient (Wildman–Crippen LogP) is 2.43. The molecule has 0 atom stereocenters. The lowest BCUT2D eigenvalue weighted by atomic mass is 10.1. The van der Waals surface area contributed by atoms with Crippen LogP contribution in [0.15, 0.2) is 60.9 Å². The van der Waals surface area contributed by atoms with Gasteiger partial charge in [0.15, 0.2) is 0 Å². The molecule has 2 aromatic rings. The van der Waals surface area contributed by atoms with Crippen LogP contribution in [0.5, 0.6) is 0 Å². The van der Waals surface area contributed by atoms with Crippen LogP contribution in [-0.4, -0.2) is 5.84 Å². The SMILES string of the molecule is N=C(CCc1ccccc1)[n+]1ccccc1. The Morgan fingerprint density at radius 2 is 1.56 bits per heavy atom. The maximum atomic E-state index is 7.94. The van der Waals surface area contributed by atoms with E-state index in [2.05, 4.69) is 12.1 Å². The van der Waals surface area contributed by atoms with E-state index in [1.165, 1.54) is 5.56 Å². The van der Waals surface area contributed by atoms with E-state index in [4.69, 9.17) is 5.41 Å². The van der Waals surface area contributed by atoms with E-state index in [-0.39, 0.29) is 0 Å². The number of pyridine rings is 1. The van der Waals surface area contributed by atoms with Crippen molar-refractivity contribution in [3.8, 4) is 0 Å². The molecule has 0 fully saturated rings. The summed E-state index contributed by atoms with van der Waals surface area (Å²) in [5.41, 5.74) is 1.28. The maximum Gasteiger partial charge on any atom is 0.294 e. The third kappa shape index (κ3) is 2.76. The Morgan fingerprint density at radius 1 is 0.938 bits per heavy atom. The Hall–Kier alpha value is -1.96. The van der Waals surface area contributed by atoms with Gasteiger partial charge in [0.2, 0.25) is 0 Å². The molecule has 0 saturated heterocycles. The van der Waals surface area contributed by atoms with E-state index in [1.807, 2.05) is 53.4 Å². The molecule has 1 aromatic heterocycles. The second kappa shape index (κ2) is 5.21. The van der Waals surface area contributed by atoms with Crippen molar-refractivity contribution in [2.45, 2.75) is 12.8 Å². The summed E-state index contributed by atoms with van der Waals surface area (Å²) < 4.78 is 1.85. The molecular formula is C14H15N2+. The second-order valence-corrected chi connectivity index (χ2v) is 3.72. The largest absolute Gasteiger partial charge is 0.294 e. The Bertz CT molecular complexity index is 449. The Labute approximate surface area is 95.7 Å². The first-order chi connectivity index (χ1) is 7.86. The molecule has 1 heterocycles. The van der Waals surface area contributed by atoms with E-state index in [0.29, 0.717) is 5.84 Å². The molecule has 0 unspecified atom stereocenters.